The summed E-state index contributed by atoms with van der Waals surface area (Å²) in [6.07, 6.45) is 0.360. The van der Waals surface area contributed by atoms with E-state index in [-0.39, 0.29) is 5.91 Å². The van der Waals surface area contributed by atoms with Crippen LogP contribution in [0.4, 0.5) is 0 Å². The van der Waals surface area contributed by atoms with Gasteiger partial charge in [-0.3, -0.25) is 9.36 Å². The SMILES string of the molecule is CC(=O)NC(Cc1ccc(O[Si](C)(C)C)cc1)P(=O)(O[Si](C)(C)C)O[Si](C)(C)C. The van der Waals surface area contributed by atoms with Crippen molar-refractivity contribution in [2.45, 2.75) is 78.1 Å². The van der Waals surface area contributed by atoms with Crippen LogP contribution < -0.4 is 9.74 Å². The van der Waals surface area contributed by atoms with Crippen LogP contribution in [0.15, 0.2) is 24.3 Å². The number of nitrogens with one attached hydrogen (secondary N) is 1. The molecule has 1 unspecified atom stereocenters. The molecule has 1 aromatic rings. The lowest BCUT2D eigenvalue weighted by Crippen LogP contribution is -2.41. The summed E-state index contributed by atoms with van der Waals surface area (Å²) in [6.45, 7) is 19.6. The van der Waals surface area contributed by atoms with Crippen molar-refractivity contribution in [1.29, 1.82) is 0 Å². The number of rotatable bonds is 10. The van der Waals surface area contributed by atoms with Crippen molar-refractivity contribution in [2.24, 2.45) is 0 Å². The number of carbonyl (C=O) groups excluding carboxylic acids is 1. The Labute approximate surface area is 179 Å². The Hall–Kier alpha value is -0.709. The second kappa shape index (κ2) is 9.62. The zero-order chi connectivity index (χ0) is 22.7. The summed E-state index contributed by atoms with van der Waals surface area (Å²) in [6, 6.07) is 7.72. The van der Waals surface area contributed by atoms with Crippen molar-refractivity contribution in [3.63, 3.8) is 0 Å². The standard InChI is InChI=1S/C19H38NO5PSi3/c1-16(21)20-19(26(22,24-28(5,6)7)25-29(8,9)10)15-17-11-13-18(14-12-17)23-27(2,3)4/h11-14,19H,15H2,1-10H3,(H,20,21). The maximum absolute atomic E-state index is 13.9. The first-order valence-corrected chi connectivity index (χ1v) is 21.8. The first-order valence-electron chi connectivity index (χ1n) is 9.95. The van der Waals surface area contributed by atoms with Crippen LogP contribution in [-0.4, -0.2) is 36.6 Å². The van der Waals surface area contributed by atoms with Gasteiger partial charge in [0.1, 0.15) is 11.5 Å². The molecule has 0 fully saturated rings. The molecule has 0 spiro atoms. The first kappa shape index (κ1) is 26.3. The van der Waals surface area contributed by atoms with Gasteiger partial charge in [0, 0.05) is 13.3 Å². The summed E-state index contributed by atoms with van der Waals surface area (Å²) in [5.41, 5.74) is 0.935. The Morgan fingerprint density at radius 2 is 1.34 bits per heavy atom. The van der Waals surface area contributed by atoms with Crippen LogP contribution in [0.1, 0.15) is 12.5 Å². The van der Waals surface area contributed by atoms with E-state index in [1.165, 1.54) is 6.92 Å². The molecule has 166 valence electrons. The van der Waals surface area contributed by atoms with E-state index in [1.807, 2.05) is 63.5 Å². The predicted octanol–water partition coefficient (Wildman–Crippen LogP) is 5.80. The van der Waals surface area contributed by atoms with Crippen molar-refractivity contribution in [3.05, 3.63) is 29.8 Å². The van der Waals surface area contributed by atoms with Crippen LogP contribution in [0.3, 0.4) is 0 Å². The normalized spacial score (nSPS) is 14.4. The fraction of sp³-hybridized carbons (Fsp3) is 0.632. The first-order chi connectivity index (χ1) is 12.9. The van der Waals surface area contributed by atoms with Crippen LogP contribution in [0.25, 0.3) is 0 Å². The molecule has 1 N–H and O–H groups in total. The van der Waals surface area contributed by atoms with E-state index in [0.29, 0.717) is 6.42 Å². The molecule has 1 atom stereocenters. The Bertz CT molecular complexity index is 716. The molecule has 1 rings (SSSR count). The van der Waals surface area contributed by atoms with Gasteiger partial charge < -0.3 is 18.2 Å². The zero-order valence-corrected chi connectivity index (χ0v) is 23.5. The van der Waals surface area contributed by atoms with Gasteiger partial charge in [-0.2, -0.15) is 0 Å². The quantitative estimate of drug-likeness (QED) is 0.342. The molecule has 0 saturated heterocycles. The highest BCUT2D eigenvalue weighted by Gasteiger charge is 2.43. The molecule has 0 bridgehead atoms. The lowest BCUT2D eigenvalue weighted by Gasteiger charge is -2.36. The number of benzene rings is 1. The summed E-state index contributed by atoms with van der Waals surface area (Å²) >= 11 is 0. The van der Waals surface area contributed by atoms with Crippen molar-refractivity contribution in [3.8, 4) is 5.75 Å². The largest absolute Gasteiger partial charge is 0.544 e. The molecule has 0 radical (unpaired) electrons. The summed E-state index contributed by atoms with van der Waals surface area (Å²) in [5, 5.41) is 2.83. The van der Waals surface area contributed by atoms with E-state index < -0.39 is 38.3 Å². The van der Waals surface area contributed by atoms with Gasteiger partial charge in [0.05, 0.1) is 0 Å². The topological polar surface area (TPSA) is 73.9 Å². The lowest BCUT2D eigenvalue weighted by atomic mass is 10.1. The highest BCUT2D eigenvalue weighted by Crippen LogP contribution is 2.57. The summed E-state index contributed by atoms with van der Waals surface area (Å²) in [7, 11) is -9.64. The molecule has 29 heavy (non-hydrogen) atoms. The van der Waals surface area contributed by atoms with Gasteiger partial charge in [-0.1, -0.05) is 12.1 Å². The number of hydrogen-bond acceptors (Lipinski definition) is 5. The summed E-state index contributed by atoms with van der Waals surface area (Å²) in [5.74, 6) is -0.168. The van der Waals surface area contributed by atoms with Gasteiger partial charge in [0.2, 0.25) is 14.2 Å². The molecule has 0 aromatic heterocycles. The van der Waals surface area contributed by atoms with Crippen LogP contribution in [0, 0.1) is 0 Å². The fourth-order valence-electron chi connectivity index (χ4n) is 2.66. The Balaban J connectivity index is 3.21. The average molecular weight is 476 g/mol. The monoisotopic (exact) mass is 475 g/mol. The van der Waals surface area contributed by atoms with Crippen molar-refractivity contribution in [1.82, 2.24) is 5.32 Å². The summed E-state index contributed by atoms with van der Waals surface area (Å²) < 4.78 is 32.1. The molecular formula is C19H38NO5PSi3. The van der Waals surface area contributed by atoms with Gasteiger partial charge in [-0.15, -0.1) is 0 Å². The van der Waals surface area contributed by atoms with Crippen molar-refractivity contribution < 1.29 is 22.2 Å². The second-order valence-electron chi connectivity index (χ2n) is 10.2. The molecule has 1 aromatic carbocycles. The van der Waals surface area contributed by atoms with E-state index in [0.717, 1.165) is 11.3 Å². The molecule has 6 nitrogen and oxygen atoms in total. The lowest BCUT2D eigenvalue weighted by molar-refractivity contribution is -0.119. The minimum atomic E-state index is -3.57. The number of hydrogen-bond donors (Lipinski definition) is 1. The van der Waals surface area contributed by atoms with Gasteiger partial charge in [0.25, 0.3) is 0 Å². The fourth-order valence-corrected chi connectivity index (χ4v) is 11.9. The highest BCUT2D eigenvalue weighted by atomic mass is 31.2. The molecule has 0 heterocycles. The van der Waals surface area contributed by atoms with Gasteiger partial charge >= 0.3 is 7.60 Å². The third-order valence-corrected chi connectivity index (χ3v) is 11.7. The van der Waals surface area contributed by atoms with Crippen LogP contribution in [0.2, 0.25) is 58.9 Å². The van der Waals surface area contributed by atoms with E-state index in [4.69, 9.17) is 12.9 Å². The molecule has 0 saturated carbocycles. The van der Waals surface area contributed by atoms with Crippen molar-refractivity contribution in [2.75, 3.05) is 0 Å². The van der Waals surface area contributed by atoms with E-state index >= 15 is 0 Å². The smallest absolute Gasteiger partial charge is 0.333 e. The van der Waals surface area contributed by atoms with Gasteiger partial charge in [0.15, 0.2) is 16.6 Å². The molecule has 1 amide bonds. The molecule has 0 aliphatic heterocycles. The summed E-state index contributed by atoms with van der Waals surface area (Å²) in [4.78, 5) is 11.9. The molecule has 0 aliphatic carbocycles. The van der Waals surface area contributed by atoms with Gasteiger partial charge in [-0.25, -0.2) is 0 Å². The third-order valence-electron chi connectivity index (χ3n) is 3.33. The van der Waals surface area contributed by atoms with Crippen LogP contribution in [0.5, 0.6) is 5.75 Å². The van der Waals surface area contributed by atoms with Gasteiger partial charge in [-0.05, 0) is 76.6 Å². The molecular weight excluding hydrogens is 437 g/mol. The predicted molar refractivity (Wildman–Crippen MR) is 128 cm³/mol. The maximum Gasteiger partial charge on any atom is 0.333 e. The van der Waals surface area contributed by atoms with Crippen LogP contribution >= 0.6 is 7.60 Å². The number of carbonyl (C=O) groups is 1. The van der Waals surface area contributed by atoms with E-state index in [9.17, 15) is 9.36 Å². The highest BCUT2D eigenvalue weighted by molar-refractivity contribution is 7.57. The Morgan fingerprint density at radius 1 is 0.897 bits per heavy atom. The third kappa shape index (κ3) is 10.8. The number of amides is 1. The molecule has 10 heteroatoms. The Morgan fingerprint density at radius 3 is 1.69 bits per heavy atom. The Kier molecular flexibility index (Phi) is 8.73. The minimum absolute atomic E-state index is 0.257. The van der Waals surface area contributed by atoms with Crippen LogP contribution in [-0.2, 0) is 24.2 Å². The maximum atomic E-state index is 13.9. The van der Waals surface area contributed by atoms with Crippen molar-refractivity contribution >= 4 is 38.5 Å². The molecule has 0 aliphatic rings. The average Bonchev–Trinajstić information content (AvgIpc) is 2.42. The van der Waals surface area contributed by atoms with E-state index in [2.05, 4.69) is 25.0 Å². The minimum Gasteiger partial charge on any atom is -0.544 e. The zero-order valence-electron chi connectivity index (χ0n) is 19.6. The second-order valence-corrected chi connectivity index (χ2v) is 26.3. The van der Waals surface area contributed by atoms with E-state index in [1.54, 1.807) is 0 Å².